The molecule has 34 heavy (non-hydrogen) atoms. The van der Waals surface area contributed by atoms with Crippen LogP contribution in [0.15, 0.2) is 48.7 Å². The van der Waals surface area contributed by atoms with E-state index in [0.29, 0.717) is 23.1 Å². The third-order valence-electron chi connectivity index (χ3n) is 6.47. The predicted molar refractivity (Wildman–Crippen MR) is 138 cm³/mol. The molecule has 1 fully saturated rings. The quantitative estimate of drug-likeness (QED) is 0.320. The summed E-state index contributed by atoms with van der Waals surface area (Å²) in [5.74, 6) is 0.830. The highest BCUT2D eigenvalue weighted by Gasteiger charge is 2.21. The van der Waals surface area contributed by atoms with E-state index in [2.05, 4.69) is 22.4 Å². The lowest BCUT2D eigenvalue weighted by Crippen LogP contribution is -2.46. The minimum Gasteiger partial charge on any atom is -0.494 e. The molecule has 182 valence electrons. The van der Waals surface area contributed by atoms with Gasteiger partial charge < -0.3 is 19.3 Å². The van der Waals surface area contributed by atoms with Gasteiger partial charge in [0.15, 0.2) is 6.73 Å². The van der Waals surface area contributed by atoms with Gasteiger partial charge in [-0.05, 0) is 56.0 Å². The summed E-state index contributed by atoms with van der Waals surface area (Å²) in [4.78, 5) is 17.4. The monoisotopic (exact) mass is 503 g/mol. The molecule has 1 saturated heterocycles. The Labute approximate surface area is 211 Å². The van der Waals surface area contributed by atoms with E-state index in [4.69, 9.17) is 32.7 Å². The second-order valence-electron chi connectivity index (χ2n) is 8.63. The Morgan fingerprint density at radius 2 is 1.82 bits per heavy atom. The molecule has 2 aliphatic rings. The van der Waals surface area contributed by atoms with Crippen LogP contribution in [0.2, 0.25) is 10.0 Å². The van der Waals surface area contributed by atoms with Gasteiger partial charge in [0, 0.05) is 37.9 Å². The lowest BCUT2D eigenvalue weighted by atomic mass is 10.00. The number of allylic oxidation sites excluding steroid dienone is 1. The Balaban J connectivity index is 1.19. The highest BCUT2D eigenvalue weighted by molar-refractivity contribution is 6.43. The van der Waals surface area contributed by atoms with E-state index in [9.17, 15) is 4.79 Å². The first-order chi connectivity index (χ1) is 16.6. The molecule has 0 aliphatic carbocycles. The maximum atomic E-state index is 10.6. The lowest BCUT2D eigenvalue weighted by molar-refractivity contribution is -0.128. The summed E-state index contributed by atoms with van der Waals surface area (Å²) in [5, 5.41) is 1.24. The molecular formula is C26H31Cl2N3O3. The standard InChI is InChI=1S/C26H31Cl2N3O3/c1-20-7-8-21-9-10-22(17-25(21)31(20)18-33-19-32)34-16-3-2-11-29-12-14-30(15-13-29)24-6-4-5-23(27)26(24)28/h4-6,9-10,17,19H,1-3,7-8,11-16,18H2. The highest BCUT2D eigenvalue weighted by atomic mass is 35.5. The van der Waals surface area contributed by atoms with E-state index in [1.54, 1.807) is 0 Å². The first kappa shape index (κ1) is 24.7. The van der Waals surface area contributed by atoms with Gasteiger partial charge in [0.1, 0.15) is 5.75 Å². The summed E-state index contributed by atoms with van der Waals surface area (Å²) in [7, 11) is 0. The number of anilines is 2. The van der Waals surface area contributed by atoms with Gasteiger partial charge in [0.05, 0.1) is 28.0 Å². The van der Waals surface area contributed by atoms with E-state index in [-0.39, 0.29) is 6.73 Å². The first-order valence-electron chi connectivity index (χ1n) is 11.7. The topological polar surface area (TPSA) is 45.2 Å². The van der Waals surface area contributed by atoms with Crippen LogP contribution >= 0.6 is 23.2 Å². The van der Waals surface area contributed by atoms with Crippen molar-refractivity contribution in [2.45, 2.75) is 25.7 Å². The number of carbonyl (C=O) groups is 1. The number of fused-ring (bicyclic) bond motifs is 1. The molecule has 0 aromatic heterocycles. The van der Waals surface area contributed by atoms with Gasteiger partial charge in [-0.3, -0.25) is 9.69 Å². The van der Waals surface area contributed by atoms with Gasteiger partial charge >= 0.3 is 0 Å². The van der Waals surface area contributed by atoms with Crippen LogP contribution in [0.5, 0.6) is 5.75 Å². The smallest absolute Gasteiger partial charge is 0.294 e. The Morgan fingerprint density at radius 3 is 2.62 bits per heavy atom. The zero-order valence-electron chi connectivity index (χ0n) is 19.3. The Morgan fingerprint density at radius 1 is 1.00 bits per heavy atom. The largest absolute Gasteiger partial charge is 0.494 e. The van der Waals surface area contributed by atoms with Crippen LogP contribution in [0.4, 0.5) is 11.4 Å². The molecule has 2 aromatic carbocycles. The summed E-state index contributed by atoms with van der Waals surface area (Å²) < 4.78 is 11.0. The number of unbranched alkanes of at least 4 members (excludes halogenated alkanes) is 1. The molecule has 0 saturated carbocycles. The first-order valence-corrected chi connectivity index (χ1v) is 12.5. The fraction of sp³-hybridized carbons (Fsp3) is 0.423. The average Bonchev–Trinajstić information content (AvgIpc) is 2.85. The van der Waals surface area contributed by atoms with Gasteiger partial charge in [-0.15, -0.1) is 0 Å². The molecule has 0 unspecified atom stereocenters. The van der Waals surface area contributed by atoms with E-state index in [0.717, 1.165) is 81.2 Å². The van der Waals surface area contributed by atoms with E-state index in [1.165, 1.54) is 5.56 Å². The van der Waals surface area contributed by atoms with Crippen LogP contribution < -0.4 is 14.5 Å². The summed E-state index contributed by atoms with van der Waals surface area (Å²) in [5.41, 5.74) is 4.19. The van der Waals surface area contributed by atoms with Crippen molar-refractivity contribution in [2.24, 2.45) is 0 Å². The number of aryl methyl sites for hydroxylation is 1. The van der Waals surface area contributed by atoms with Crippen molar-refractivity contribution < 1.29 is 14.3 Å². The minimum absolute atomic E-state index is 0.176. The molecule has 0 atom stereocenters. The average molecular weight is 504 g/mol. The number of ether oxygens (including phenoxy) is 2. The second-order valence-corrected chi connectivity index (χ2v) is 9.42. The zero-order valence-corrected chi connectivity index (χ0v) is 20.9. The van der Waals surface area contributed by atoms with Crippen LogP contribution in [0.1, 0.15) is 24.8 Å². The van der Waals surface area contributed by atoms with Crippen LogP contribution in [0, 0.1) is 0 Å². The number of rotatable bonds is 10. The number of nitrogens with zero attached hydrogens (tertiary/aromatic N) is 3. The van der Waals surface area contributed by atoms with Crippen LogP contribution in [-0.2, 0) is 16.0 Å². The molecule has 0 spiro atoms. The molecule has 6 nitrogen and oxygen atoms in total. The fourth-order valence-electron chi connectivity index (χ4n) is 4.52. The van der Waals surface area contributed by atoms with E-state index < -0.39 is 0 Å². The zero-order chi connectivity index (χ0) is 23.9. The Kier molecular flexibility index (Phi) is 8.59. The molecule has 4 rings (SSSR count). The van der Waals surface area contributed by atoms with Crippen LogP contribution in [0.25, 0.3) is 0 Å². The van der Waals surface area contributed by atoms with Crippen molar-refractivity contribution in [3.8, 4) is 5.75 Å². The number of hydrogen-bond acceptors (Lipinski definition) is 6. The van der Waals surface area contributed by atoms with Gasteiger partial charge in [-0.2, -0.15) is 0 Å². The normalized spacial score (nSPS) is 16.4. The van der Waals surface area contributed by atoms with E-state index in [1.807, 2.05) is 35.2 Å². The number of benzene rings is 2. The van der Waals surface area contributed by atoms with Gasteiger partial charge in [-0.25, -0.2) is 0 Å². The van der Waals surface area contributed by atoms with Crippen molar-refractivity contribution in [3.05, 3.63) is 64.3 Å². The molecule has 0 radical (unpaired) electrons. The maximum absolute atomic E-state index is 10.6. The van der Waals surface area contributed by atoms with Crippen LogP contribution in [-0.4, -0.2) is 57.4 Å². The van der Waals surface area contributed by atoms with Crippen molar-refractivity contribution in [1.29, 1.82) is 0 Å². The predicted octanol–water partition coefficient (Wildman–Crippen LogP) is 5.37. The minimum atomic E-state index is 0.176. The van der Waals surface area contributed by atoms with E-state index >= 15 is 0 Å². The van der Waals surface area contributed by atoms with Gasteiger partial charge in [0.2, 0.25) is 0 Å². The number of hydrogen-bond donors (Lipinski definition) is 0. The van der Waals surface area contributed by atoms with Crippen LogP contribution in [0.3, 0.4) is 0 Å². The van der Waals surface area contributed by atoms with Gasteiger partial charge in [0.25, 0.3) is 6.47 Å². The van der Waals surface area contributed by atoms with Crippen molar-refractivity contribution in [2.75, 3.05) is 55.9 Å². The molecular weight excluding hydrogens is 473 g/mol. The van der Waals surface area contributed by atoms with Crippen molar-refractivity contribution in [1.82, 2.24) is 4.90 Å². The van der Waals surface area contributed by atoms with Crippen molar-refractivity contribution in [3.63, 3.8) is 0 Å². The summed E-state index contributed by atoms with van der Waals surface area (Å²) in [6.07, 6.45) is 3.86. The second kappa shape index (κ2) is 11.8. The number of carbonyl (C=O) groups excluding carboxylic acids is 1. The molecule has 0 amide bonds. The third kappa shape index (κ3) is 5.98. The highest BCUT2D eigenvalue weighted by Crippen LogP contribution is 2.35. The number of piperazine rings is 1. The summed E-state index contributed by atoms with van der Waals surface area (Å²) in [6, 6.07) is 11.9. The number of halogens is 2. The third-order valence-corrected chi connectivity index (χ3v) is 7.27. The molecule has 2 aliphatic heterocycles. The summed E-state index contributed by atoms with van der Waals surface area (Å²) >= 11 is 12.5. The molecule has 0 N–H and O–H groups in total. The van der Waals surface area contributed by atoms with Gasteiger partial charge in [-0.1, -0.05) is 41.9 Å². The SMILES string of the molecule is C=C1CCc2ccc(OCCCCN3CCN(c4cccc(Cl)c4Cl)CC3)cc2N1COC=O. The fourth-order valence-corrected chi connectivity index (χ4v) is 4.94. The lowest BCUT2D eigenvalue weighted by Gasteiger charge is -2.36. The maximum Gasteiger partial charge on any atom is 0.294 e. The Hall–Kier alpha value is -2.41. The molecule has 2 heterocycles. The molecule has 2 aromatic rings. The molecule has 8 heteroatoms. The van der Waals surface area contributed by atoms with Crippen molar-refractivity contribution >= 4 is 41.0 Å². The molecule has 0 bridgehead atoms. The Bertz CT molecular complexity index is 1010. The summed E-state index contributed by atoms with van der Waals surface area (Å²) in [6.45, 7) is 10.4.